The molecule has 3 heteroatoms. The quantitative estimate of drug-likeness (QED) is 0.543. The van der Waals surface area contributed by atoms with E-state index in [1.165, 1.54) is 44.1 Å². The molecule has 1 aromatic carbocycles. The van der Waals surface area contributed by atoms with Gasteiger partial charge in [-0.2, -0.15) is 0 Å². The molecule has 0 radical (unpaired) electrons. The van der Waals surface area contributed by atoms with Crippen molar-refractivity contribution in [2.75, 3.05) is 6.61 Å². The molecule has 0 atom stereocenters. The molecule has 1 aromatic heterocycles. The molecular weight excluding hydrogens is 332 g/mol. The smallest absolute Gasteiger partial charge is 0.159 e. The number of ether oxygens (including phenoxy) is 1. The minimum atomic E-state index is 0.714. The third-order valence-corrected chi connectivity index (χ3v) is 5.81. The normalized spacial score (nSPS) is 19.8. The summed E-state index contributed by atoms with van der Waals surface area (Å²) < 4.78 is 6.17. The molecule has 0 N–H and O–H groups in total. The van der Waals surface area contributed by atoms with Crippen LogP contribution in [0.1, 0.15) is 69.9 Å². The van der Waals surface area contributed by atoms with E-state index in [4.69, 9.17) is 4.74 Å². The summed E-state index contributed by atoms with van der Waals surface area (Å²) in [6.07, 6.45) is 14.2. The highest BCUT2D eigenvalue weighted by Crippen LogP contribution is 2.32. The van der Waals surface area contributed by atoms with Crippen LogP contribution < -0.4 is 4.74 Å². The SMILES string of the molecule is CCCc1cnc(-c2ccc(OC[C@H]3CC[C@H](CCC)CC3)c(C)c2)nc1. The molecule has 1 aliphatic rings. The van der Waals surface area contributed by atoms with Crippen molar-refractivity contribution in [3.63, 3.8) is 0 Å². The van der Waals surface area contributed by atoms with Crippen LogP contribution in [0.4, 0.5) is 0 Å². The monoisotopic (exact) mass is 366 g/mol. The summed E-state index contributed by atoms with van der Waals surface area (Å²) in [5, 5.41) is 0. The highest BCUT2D eigenvalue weighted by molar-refractivity contribution is 5.58. The van der Waals surface area contributed by atoms with Crippen molar-refractivity contribution in [3.05, 3.63) is 41.7 Å². The van der Waals surface area contributed by atoms with Gasteiger partial charge >= 0.3 is 0 Å². The number of nitrogens with zero attached hydrogens (tertiary/aromatic N) is 2. The molecule has 3 rings (SSSR count). The van der Waals surface area contributed by atoms with Gasteiger partial charge in [0.2, 0.25) is 0 Å². The predicted molar refractivity (Wildman–Crippen MR) is 112 cm³/mol. The molecule has 1 aliphatic carbocycles. The Morgan fingerprint density at radius 3 is 2.30 bits per heavy atom. The van der Waals surface area contributed by atoms with Crippen LogP contribution in [-0.2, 0) is 6.42 Å². The zero-order valence-corrected chi connectivity index (χ0v) is 17.2. The lowest BCUT2D eigenvalue weighted by molar-refractivity contribution is 0.178. The first-order valence-electron chi connectivity index (χ1n) is 10.7. The van der Waals surface area contributed by atoms with Crippen LogP contribution in [0.15, 0.2) is 30.6 Å². The largest absolute Gasteiger partial charge is 0.493 e. The number of hydrogen-bond donors (Lipinski definition) is 0. The summed E-state index contributed by atoms with van der Waals surface area (Å²) in [6.45, 7) is 7.43. The first-order valence-corrected chi connectivity index (χ1v) is 10.7. The number of hydrogen-bond acceptors (Lipinski definition) is 3. The molecule has 0 bridgehead atoms. The second-order valence-electron chi connectivity index (χ2n) is 8.13. The van der Waals surface area contributed by atoms with E-state index in [-0.39, 0.29) is 0 Å². The van der Waals surface area contributed by atoms with E-state index in [1.807, 2.05) is 12.4 Å². The maximum absolute atomic E-state index is 6.17. The van der Waals surface area contributed by atoms with Crippen LogP contribution in [0, 0.1) is 18.8 Å². The number of aryl methyl sites for hydroxylation is 2. The molecule has 3 nitrogen and oxygen atoms in total. The Balaban J connectivity index is 1.55. The number of rotatable bonds is 8. The van der Waals surface area contributed by atoms with Gasteiger partial charge in [0, 0.05) is 18.0 Å². The van der Waals surface area contributed by atoms with E-state index in [0.717, 1.165) is 48.1 Å². The van der Waals surface area contributed by atoms with E-state index >= 15 is 0 Å². The molecule has 0 unspecified atom stereocenters. The zero-order chi connectivity index (χ0) is 19.1. The molecule has 1 fully saturated rings. The van der Waals surface area contributed by atoms with Gasteiger partial charge in [-0.15, -0.1) is 0 Å². The molecule has 0 amide bonds. The fourth-order valence-electron chi connectivity index (χ4n) is 4.17. The molecule has 0 aliphatic heterocycles. The minimum absolute atomic E-state index is 0.714. The zero-order valence-electron chi connectivity index (χ0n) is 17.2. The van der Waals surface area contributed by atoms with Crippen molar-refractivity contribution in [1.82, 2.24) is 9.97 Å². The Morgan fingerprint density at radius 1 is 0.963 bits per heavy atom. The van der Waals surface area contributed by atoms with Crippen molar-refractivity contribution in [1.29, 1.82) is 0 Å². The lowest BCUT2D eigenvalue weighted by Crippen LogP contribution is -2.20. The second kappa shape index (κ2) is 9.87. The van der Waals surface area contributed by atoms with Gasteiger partial charge in [-0.3, -0.25) is 0 Å². The van der Waals surface area contributed by atoms with Crippen LogP contribution in [0.3, 0.4) is 0 Å². The number of aromatic nitrogens is 2. The van der Waals surface area contributed by atoms with Gasteiger partial charge in [-0.1, -0.05) is 46.0 Å². The molecule has 27 heavy (non-hydrogen) atoms. The summed E-state index contributed by atoms with van der Waals surface area (Å²) >= 11 is 0. The maximum Gasteiger partial charge on any atom is 0.159 e. The maximum atomic E-state index is 6.17. The Morgan fingerprint density at radius 2 is 1.67 bits per heavy atom. The van der Waals surface area contributed by atoms with Crippen LogP contribution in [0.5, 0.6) is 5.75 Å². The molecule has 1 heterocycles. The molecule has 0 spiro atoms. The van der Waals surface area contributed by atoms with E-state index in [1.54, 1.807) is 0 Å². The van der Waals surface area contributed by atoms with Gasteiger partial charge in [0.25, 0.3) is 0 Å². The summed E-state index contributed by atoms with van der Waals surface area (Å²) in [4.78, 5) is 9.06. The van der Waals surface area contributed by atoms with Crippen molar-refractivity contribution in [3.8, 4) is 17.1 Å². The lowest BCUT2D eigenvalue weighted by atomic mass is 9.80. The van der Waals surface area contributed by atoms with Crippen molar-refractivity contribution in [2.45, 2.75) is 72.1 Å². The van der Waals surface area contributed by atoms with Crippen molar-refractivity contribution in [2.24, 2.45) is 11.8 Å². The van der Waals surface area contributed by atoms with Gasteiger partial charge in [-0.25, -0.2) is 9.97 Å². The van der Waals surface area contributed by atoms with E-state index < -0.39 is 0 Å². The highest BCUT2D eigenvalue weighted by atomic mass is 16.5. The third kappa shape index (κ3) is 5.54. The average Bonchev–Trinajstić information content (AvgIpc) is 2.69. The minimum Gasteiger partial charge on any atom is -0.493 e. The summed E-state index contributed by atoms with van der Waals surface area (Å²) in [5.74, 6) is 3.46. The average molecular weight is 367 g/mol. The Hall–Kier alpha value is -1.90. The fraction of sp³-hybridized carbons (Fsp3) is 0.583. The van der Waals surface area contributed by atoms with Crippen LogP contribution >= 0.6 is 0 Å². The van der Waals surface area contributed by atoms with Crippen molar-refractivity contribution < 1.29 is 4.74 Å². The van der Waals surface area contributed by atoms with Gasteiger partial charge in [0.1, 0.15) is 5.75 Å². The van der Waals surface area contributed by atoms with Crippen LogP contribution in [0.25, 0.3) is 11.4 Å². The molecular formula is C24H34N2O. The Bertz CT molecular complexity index is 703. The van der Waals surface area contributed by atoms with Crippen LogP contribution in [0.2, 0.25) is 0 Å². The number of benzene rings is 1. The van der Waals surface area contributed by atoms with E-state index in [2.05, 4.69) is 48.9 Å². The topological polar surface area (TPSA) is 35.0 Å². The predicted octanol–water partition coefficient (Wildman–Crippen LogP) is 6.39. The first-order chi connectivity index (χ1) is 13.2. The summed E-state index contributed by atoms with van der Waals surface area (Å²) in [5.41, 5.74) is 3.42. The third-order valence-electron chi connectivity index (χ3n) is 5.81. The van der Waals surface area contributed by atoms with E-state index in [0.29, 0.717) is 5.92 Å². The Labute approximate surface area is 164 Å². The van der Waals surface area contributed by atoms with Gasteiger partial charge in [0.15, 0.2) is 5.82 Å². The fourth-order valence-corrected chi connectivity index (χ4v) is 4.17. The lowest BCUT2D eigenvalue weighted by Gasteiger charge is -2.28. The molecule has 1 saturated carbocycles. The van der Waals surface area contributed by atoms with Crippen LogP contribution in [-0.4, -0.2) is 16.6 Å². The van der Waals surface area contributed by atoms with Crippen molar-refractivity contribution >= 4 is 0 Å². The first kappa shape index (κ1) is 19.9. The van der Waals surface area contributed by atoms with Gasteiger partial charge < -0.3 is 4.74 Å². The summed E-state index contributed by atoms with van der Waals surface area (Å²) in [6, 6.07) is 6.30. The standard InChI is InChI=1S/C24H34N2O/c1-4-6-19-8-10-20(11-9-19)17-27-23-13-12-22(14-18(23)3)24-25-15-21(7-5-2)16-26-24/h12-16,19-20H,4-11,17H2,1-3H3/t19-,20-. The molecule has 146 valence electrons. The molecule has 2 aromatic rings. The molecule has 0 saturated heterocycles. The highest BCUT2D eigenvalue weighted by Gasteiger charge is 2.21. The van der Waals surface area contributed by atoms with Gasteiger partial charge in [-0.05, 0) is 67.3 Å². The Kier molecular flexibility index (Phi) is 7.25. The second-order valence-corrected chi connectivity index (χ2v) is 8.13. The summed E-state index contributed by atoms with van der Waals surface area (Å²) in [7, 11) is 0. The van der Waals surface area contributed by atoms with Gasteiger partial charge in [0.05, 0.1) is 6.61 Å². The van der Waals surface area contributed by atoms with E-state index in [9.17, 15) is 0 Å².